The summed E-state index contributed by atoms with van der Waals surface area (Å²) in [7, 11) is 0. The summed E-state index contributed by atoms with van der Waals surface area (Å²) >= 11 is 0. The van der Waals surface area contributed by atoms with Crippen molar-refractivity contribution in [2.75, 3.05) is 6.61 Å². The Morgan fingerprint density at radius 3 is 2.55 bits per heavy atom. The summed E-state index contributed by atoms with van der Waals surface area (Å²) in [5.74, 6) is -0.113. The van der Waals surface area contributed by atoms with E-state index in [1.54, 1.807) is 0 Å². The van der Waals surface area contributed by atoms with Crippen LogP contribution in [0.2, 0.25) is 0 Å². The van der Waals surface area contributed by atoms with Crippen molar-refractivity contribution in [3.05, 3.63) is 0 Å². The first-order valence-electron chi connectivity index (χ1n) is 7.67. The van der Waals surface area contributed by atoms with E-state index in [9.17, 15) is 9.59 Å². The Morgan fingerprint density at radius 2 is 1.95 bits per heavy atom. The molecular formula is C15H28N2O3. The van der Waals surface area contributed by atoms with Crippen LogP contribution in [0.1, 0.15) is 53.4 Å². The molecule has 1 amide bonds. The van der Waals surface area contributed by atoms with Gasteiger partial charge < -0.3 is 15.4 Å². The molecule has 1 aliphatic carbocycles. The van der Waals surface area contributed by atoms with Gasteiger partial charge in [-0.05, 0) is 47.0 Å². The number of hydrogen-bond donors (Lipinski definition) is 2. The monoisotopic (exact) mass is 284 g/mol. The maximum absolute atomic E-state index is 11.9. The van der Waals surface area contributed by atoms with Gasteiger partial charge >= 0.3 is 5.97 Å². The van der Waals surface area contributed by atoms with E-state index in [4.69, 9.17) is 4.74 Å². The van der Waals surface area contributed by atoms with Crippen LogP contribution in [-0.2, 0) is 14.3 Å². The van der Waals surface area contributed by atoms with Gasteiger partial charge in [-0.3, -0.25) is 9.59 Å². The summed E-state index contributed by atoms with van der Waals surface area (Å²) in [6.07, 6.45) is 3.66. The van der Waals surface area contributed by atoms with Crippen LogP contribution in [-0.4, -0.2) is 36.6 Å². The summed E-state index contributed by atoms with van der Waals surface area (Å²) in [5, 5.41) is 6.22. The van der Waals surface area contributed by atoms with Gasteiger partial charge in [0.25, 0.3) is 0 Å². The number of carbonyl (C=O) groups is 2. The Labute approximate surface area is 121 Å². The standard InChI is InChI=1S/C15H28N2O3/c1-5-20-15(19)12-7-6-8-13(9-12)17-11(4)14(18)16-10(2)3/h10-13,17H,5-9H2,1-4H3,(H,16,18). The maximum Gasteiger partial charge on any atom is 0.308 e. The van der Waals surface area contributed by atoms with Crippen molar-refractivity contribution < 1.29 is 14.3 Å². The van der Waals surface area contributed by atoms with Gasteiger partial charge in [0.05, 0.1) is 18.6 Å². The zero-order valence-corrected chi connectivity index (χ0v) is 13.1. The SMILES string of the molecule is CCOC(=O)C1CCCC(NC(C)C(=O)NC(C)C)C1. The molecule has 1 saturated carbocycles. The number of rotatable bonds is 6. The Hall–Kier alpha value is -1.10. The van der Waals surface area contributed by atoms with E-state index >= 15 is 0 Å². The van der Waals surface area contributed by atoms with Gasteiger partial charge in [0.1, 0.15) is 0 Å². The third-order valence-corrected chi connectivity index (χ3v) is 3.60. The summed E-state index contributed by atoms with van der Waals surface area (Å²) in [6.45, 7) is 8.02. The third kappa shape index (κ3) is 5.49. The molecule has 20 heavy (non-hydrogen) atoms. The lowest BCUT2D eigenvalue weighted by Gasteiger charge is -2.30. The van der Waals surface area contributed by atoms with Crippen molar-refractivity contribution in [2.45, 2.75) is 71.5 Å². The zero-order valence-electron chi connectivity index (χ0n) is 13.1. The highest BCUT2D eigenvalue weighted by Crippen LogP contribution is 2.25. The molecule has 3 unspecified atom stereocenters. The molecule has 0 saturated heterocycles. The van der Waals surface area contributed by atoms with Crippen LogP contribution in [0.15, 0.2) is 0 Å². The minimum Gasteiger partial charge on any atom is -0.466 e. The lowest BCUT2D eigenvalue weighted by molar-refractivity contribution is -0.149. The highest BCUT2D eigenvalue weighted by Gasteiger charge is 2.29. The van der Waals surface area contributed by atoms with Gasteiger partial charge in [0.15, 0.2) is 0 Å². The van der Waals surface area contributed by atoms with Gasteiger partial charge in [-0.15, -0.1) is 0 Å². The molecule has 2 N–H and O–H groups in total. The minimum absolute atomic E-state index is 0.0123. The molecule has 1 fully saturated rings. The Kier molecular flexibility index (Phi) is 6.99. The molecule has 0 bridgehead atoms. The van der Waals surface area contributed by atoms with Gasteiger partial charge in [0, 0.05) is 12.1 Å². The number of nitrogens with one attached hydrogen (secondary N) is 2. The average molecular weight is 284 g/mol. The van der Waals surface area contributed by atoms with E-state index < -0.39 is 0 Å². The predicted octanol–water partition coefficient (Wildman–Crippen LogP) is 1.61. The van der Waals surface area contributed by atoms with Crippen molar-refractivity contribution in [3.8, 4) is 0 Å². The summed E-state index contributed by atoms with van der Waals surface area (Å²) in [6, 6.07) is 0.125. The van der Waals surface area contributed by atoms with Crippen molar-refractivity contribution in [1.29, 1.82) is 0 Å². The Balaban J connectivity index is 2.43. The molecule has 5 nitrogen and oxygen atoms in total. The molecular weight excluding hydrogens is 256 g/mol. The van der Waals surface area contributed by atoms with Crippen LogP contribution >= 0.6 is 0 Å². The fourth-order valence-electron chi connectivity index (χ4n) is 2.65. The summed E-state index contributed by atoms with van der Waals surface area (Å²) in [5.41, 5.74) is 0. The van der Waals surface area contributed by atoms with E-state index in [2.05, 4.69) is 10.6 Å². The number of carbonyl (C=O) groups excluding carboxylic acids is 2. The second-order valence-electron chi connectivity index (χ2n) is 5.86. The van der Waals surface area contributed by atoms with Crippen LogP contribution in [0.3, 0.4) is 0 Å². The smallest absolute Gasteiger partial charge is 0.308 e. The van der Waals surface area contributed by atoms with E-state index in [0.29, 0.717) is 6.61 Å². The fourth-order valence-corrected chi connectivity index (χ4v) is 2.65. The van der Waals surface area contributed by atoms with Gasteiger partial charge in [-0.25, -0.2) is 0 Å². The quantitative estimate of drug-likeness (QED) is 0.727. The molecule has 0 heterocycles. The largest absolute Gasteiger partial charge is 0.466 e. The highest BCUT2D eigenvalue weighted by molar-refractivity contribution is 5.81. The molecule has 5 heteroatoms. The second-order valence-corrected chi connectivity index (χ2v) is 5.86. The molecule has 1 rings (SSSR count). The molecule has 0 aromatic carbocycles. The molecule has 0 aromatic rings. The first-order valence-corrected chi connectivity index (χ1v) is 7.67. The first kappa shape index (κ1) is 17.0. The van der Waals surface area contributed by atoms with Crippen molar-refractivity contribution >= 4 is 11.9 Å². The normalized spacial score (nSPS) is 24.2. The topological polar surface area (TPSA) is 67.4 Å². The zero-order chi connectivity index (χ0) is 15.1. The van der Waals surface area contributed by atoms with E-state index in [0.717, 1.165) is 25.7 Å². The van der Waals surface area contributed by atoms with Crippen LogP contribution in [0.25, 0.3) is 0 Å². The highest BCUT2D eigenvalue weighted by atomic mass is 16.5. The molecule has 0 spiro atoms. The van der Waals surface area contributed by atoms with E-state index in [1.807, 2.05) is 27.7 Å². The van der Waals surface area contributed by atoms with Crippen LogP contribution in [0, 0.1) is 5.92 Å². The van der Waals surface area contributed by atoms with Gasteiger partial charge in [-0.2, -0.15) is 0 Å². The number of hydrogen-bond acceptors (Lipinski definition) is 4. The Bertz CT molecular complexity index is 331. The van der Waals surface area contributed by atoms with Crippen molar-refractivity contribution in [1.82, 2.24) is 10.6 Å². The third-order valence-electron chi connectivity index (χ3n) is 3.60. The van der Waals surface area contributed by atoms with E-state index in [-0.39, 0.29) is 35.9 Å². The molecule has 3 atom stereocenters. The minimum atomic E-state index is -0.233. The number of ether oxygens (including phenoxy) is 1. The van der Waals surface area contributed by atoms with Gasteiger partial charge in [-0.1, -0.05) is 6.42 Å². The fraction of sp³-hybridized carbons (Fsp3) is 0.867. The molecule has 0 aliphatic heterocycles. The van der Waals surface area contributed by atoms with E-state index in [1.165, 1.54) is 0 Å². The molecule has 0 radical (unpaired) electrons. The first-order chi connectivity index (χ1) is 9.43. The lowest BCUT2D eigenvalue weighted by atomic mass is 9.85. The van der Waals surface area contributed by atoms with Crippen molar-refractivity contribution in [2.24, 2.45) is 5.92 Å². The summed E-state index contributed by atoms with van der Waals surface area (Å²) in [4.78, 5) is 23.7. The predicted molar refractivity (Wildman–Crippen MR) is 78.3 cm³/mol. The second kappa shape index (κ2) is 8.25. The molecule has 1 aliphatic rings. The number of esters is 1. The summed E-state index contributed by atoms with van der Waals surface area (Å²) < 4.78 is 5.09. The lowest BCUT2D eigenvalue weighted by Crippen LogP contribution is -2.49. The van der Waals surface area contributed by atoms with Crippen LogP contribution in [0.5, 0.6) is 0 Å². The number of amides is 1. The molecule has 116 valence electrons. The Morgan fingerprint density at radius 1 is 1.25 bits per heavy atom. The van der Waals surface area contributed by atoms with Crippen molar-refractivity contribution in [3.63, 3.8) is 0 Å². The maximum atomic E-state index is 11.9. The van der Waals surface area contributed by atoms with Crippen LogP contribution < -0.4 is 10.6 Å². The average Bonchev–Trinajstić information content (AvgIpc) is 2.38. The van der Waals surface area contributed by atoms with Crippen LogP contribution in [0.4, 0.5) is 0 Å². The molecule has 0 aromatic heterocycles. The van der Waals surface area contributed by atoms with Gasteiger partial charge in [0.2, 0.25) is 5.91 Å².